The van der Waals surface area contributed by atoms with Gasteiger partial charge >= 0.3 is 168 Å². The van der Waals surface area contributed by atoms with Crippen LogP contribution in [0.1, 0.15) is 5.56 Å². The maximum absolute atomic E-state index is 4.01. The van der Waals surface area contributed by atoms with E-state index in [0.717, 1.165) is 6.42 Å². The van der Waals surface area contributed by atoms with Crippen molar-refractivity contribution in [2.24, 2.45) is 0 Å². The third kappa shape index (κ3) is 3.21. The first kappa shape index (κ1) is 18.4. The molecule has 0 amide bonds. The van der Waals surface area contributed by atoms with E-state index in [-0.39, 0.29) is 0 Å². The number of benzene rings is 4. The molecule has 0 aliphatic heterocycles. The van der Waals surface area contributed by atoms with Crippen molar-refractivity contribution < 1.29 is 0 Å². The normalized spacial score (nSPS) is 11.7. The Hall–Kier alpha value is -2.95. The predicted octanol–water partition coefficient (Wildman–Crippen LogP) is 4.77. The summed E-state index contributed by atoms with van der Waals surface area (Å²) in [6.07, 6.45) is 2.89. The molecule has 0 atom stereocenters. The number of hydrogen-bond acceptors (Lipinski definition) is 0. The van der Waals surface area contributed by atoms with Gasteiger partial charge in [-0.05, 0) is 0 Å². The van der Waals surface area contributed by atoms with Crippen molar-refractivity contribution in [3.63, 3.8) is 0 Å². The Bertz CT molecular complexity index is 940. The summed E-state index contributed by atoms with van der Waals surface area (Å²) in [7, 11) is -2.43. The van der Waals surface area contributed by atoms with Crippen LogP contribution in [0.25, 0.3) is 0 Å². The Morgan fingerprint density at radius 2 is 0.929 bits per heavy atom. The van der Waals surface area contributed by atoms with Crippen LogP contribution >= 0.6 is 7.26 Å². The van der Waals surface area contributed by atoms with Crippen molar-refractivity contribution >= 4 is 28.5 Å². The number of rotatable bonds is 6. The fourth-order valence-corrected chi connectivity index (χ4v) is 9.27. The van der Waals surface area contributed by atoms with Crippen LogP contribution in [0.5, 0.6) is 0 Å². The molecular formula is C27H25P. The van der Waals surface area contributed by atoms with Crippen LogP contribution in [0.4, 0.5) is 0 Å². The summed E-state index contributed by atoms with van der Waals surface area (Å²) in [4.78, 5) is 0. The quantitative estimate of drug-likeness (QED) is 0.334. The zero-order valence-electron chi connectivity index (χ0n) is 16.0. The van der Waals surface area contributed by atoms with Gasteiger partial charge in [0.05, 0.1) is 0 Å². The first-order chi connectivity index (χ1) is 13.9. The molecule has 0 aromatic heterocycles. The van der Waals surface area contributed by atoms with Gasteiger partial charge in [0.1, 0.15) is 0 Å². The van der Waals surface area contributed by atoms with Crippen molar-refractivity contribution in [1.82, 2.24) is 0 Å². The van der Waals surface area contributed by atoms with E-state index in [0.29, 0.717) is 0 Å². The average molecular weight is 380 g/mol. The molecule has 0 heterocycles. The molecule has 28 heavy (non-hydrogen) atoms. The predicted molar refractivity (Wildman–Crippen MR) is 127 cm³/mol. The van der Waals surface area contributed by atoms with Crippen LogP contribution in [0.15, 0.2) is 128 Å². The summed E-state index contributed by atoms with van der Waals surface area (Å²) in [5.74, 6) is 0. The van der Waals surface area contributed by atoms with Gasteiger partial charge in [-0.25, -0.2) is 0 Å². The summed E-state index contributed by atoms with van der Waals surface area (Å²) in [5, 5.41) is 5.66. The summed E-state index contributed by atoms with van der Waals surface area (Å²) in [6, 6.07) is 42.0. The summed E-state index contributed by atoms with van der Waals surface area (Å²) >= 11 is 0. The topological polar surface area (TPSA) is 0 Å². The van der Waals surface area contributed by atoms with Crippen molar-refractivity contribution in [2.45, 2.75) is 6.42 Å². The van der Waals surface area contributed by atoms with Crippen LogP contribution in [-0.2, 0) is 6.42 Å². The molecule has 0 fully saturated rings. The maximum atomic E-state index is 4.01. The molecular weight excluding hydrogens is 355 g/mol. The molecule has 0 N–H and O–H groups in total. The van der Waals surface area contributed by atoms with E-state index >= 15 is 0 Å². The second kappa shape index (κ2) is 8.38. The molecule has 0 bridgehead atoms. The van der Waals surface area contributed by atoms with Crippen molar-refractivity contribution in [3.05, 3.63) is 133 Å². The monoisotopic (exact) mass is 380 g/mol. The second-order valence-electron chi connectivity index (χ2n) is 7.00. The van der Waals surface area contributed by atoms with Crippen molar-refractivity contribution in [1.29, 1.82) is 0 Å². The third-order valence-electron chi connectivity index (χ3n) is 5.41. The van der Waals surface area contributed by atoms with Gasteiger partial charge < -0.3 is 0 Å². The van der Waals surface area contributed by atoms with Gasteiger partial charge in [0.15, 0.2) is 0 Å². The minimum atomic E-state index is -2.43. The second-order valence-corrected chi connectivity index (χ2v) is 10.8. The van der Waals surface area contributed by atoms with Gasteiger partial charge in [0, 0.05) is 0 Å². The average Bonchev–Trinajstić information content (AvgIpc) is 2.78. The van der Waals surface area contributed by atoms with E-state index in [4.69, 9.17) is 0 Å². The van der Waals surface area contributed by atoms with E-state index < -0.39 is 7.26 Å². The molecule has 0 aliphatic rings. The Balaban J connectivity index is 2.16. The molecule has 0 saturated carbocycles. The van der Waals surface area contributed by atoms with Crippen LogP contribution in [-0.4, -0.2) is 0 Å². The Kier molecular flexibility index (Phi) is 5.51. The fourth-order valence-electron chi connectivity index (χ4n) is 4.25. The van der Waals surface area contributed by atoms with Crippen molar-refractivity contribution in [3.8, 4) is 0 Å². The molecule has 1 heteroatoms. The van der Waals surface area contributed by atoms with E-state index in [1.165, 1.54) is 26.8 Å². The molecule has 0 aliphatic carbocycles. The Morgan fingerprint density at radius 3 is 1.36 bits per heavy atom. The van der Waals surface area contributed by atoms with Gasteiger partial charge in [-0.2, -0.15) is 0 Å². The summed E-state index contributed by atoms with van der Waals surface area (Å²) in [6.45, 7) is 4.01. The third-order valence-corrected chi connectivity index (χ3v) is 10.3. The molecule has 0 nitrogen and oxygen atoms in total. The van der Waals surface area contributed by atoms with Crippen LogP contribution in [0, 0.1) is 0 Å². The Morgan fingerprint density at radius 1 is 0.536 bits per heavy atom. The van der Waals surface area contributed by atoms with Crippen LogP contribution < -0.4 is 21.2 Å². The molecule has 0 spiro atoms. The van der Waals surface area contributed by atoms with Gasteiger partial charge in [-0.3, -0.25) is 0 Å². The van der Waals surface area contributed by atoms with Gasteiger partial charge in [-0.15, -0.1) is 0 Å². The molecule has 0 unspecified atom stereocenters. The molecule has 138 valence electrons. The van der Waals surface area contributed by atoms with E-state index in [9.17, 15) is 0 Å². The minimum absolute atomic E-state index is 0.872. The number of allylic oxidation sites excluding steroid dienone is 1. The molecule has 0 radical (unpaired) electrons. The molecule has 0 saturated heterocycles. The van der Waals surface area contributed by atoms with Crippen LogP contribution in [0.3, 0.4) is 0 Å². The van der Waals surface area contributed by atoms with Crippen molar-refractivity contribution in [2.75, 3.05) is 0 Å². The molecule has 4 rings (SSSR count). The zero-order valence-corrected chi connectivity index (χ0v) is 17.0. The Labute approximate surface area is 168 Å². The fraction of sp³-hybridized carbons (Fsp3) is 0.0370. The van der Waals surface area contributed by atoms with Gasteiger partial charge in [0.2, 0.25) is 0 Å². The van der Waals surface area contributed by atoms with Crippen LogP contribution in [0.2, 0.25) is 0 Å². The van der Waals surface area contributed by atoms with E-state index in [1.54, 1.807) is 0 Å². The van der Waals surface area contributed by atoms with E-state index in [2.05, 4.69) is 122 Å². The summed E-state index contributed by atoms with van der Waals surface area (Å²) in [5.41, 5.74) is 1.36. The van der Waals surface area contributed by atoms with Gasteiger partial charge in [0.25, 0.3) is 0 Å². The first-order valence-corrected chi connectivity index (χ1v) is 11.7. The first-order valence-electron chi connectivity index (χ1n) is 9.73. The standard InChI is InChI=1S/C27H25P/c1-2-14-23-15-12-13-22-27(23)28(24-16-6-3-7-17-24,25-18-8-4-9-19-25)26-20-10-5-11-21-26/h2-13,15-22,28H,1,14H2. The summed E-state index contributed by atoms with van der Waals surface area (Å²) < 4.78 is 0. The SMILES string of the molecule is C=CCc1ccccc1[PH](c1ccccc1)(c1ccccc1)c1ccccc1. The van der Waals surface area contributed by atoms with E-state index in [1.807, 2.05) is 6.08 Å². The zero-order chi connectivity index (χ0) is 19.2. The van der Waals surface area contributed by atoms with Gasteiger partial charge in [-0.1, -0.05) is 0 Å². The number of hydrogen-bond donors (Lipinski definition) is 0. The molecule has 4 aromatic rings. The molecule has 4 aromatic carbocycles.